The summed E-state index contributed by atoms with van der Waals surface area (Å²) in [5.41, 5.74) is -0.204. The van der Waals surface area contributed by atoms with Crippen molar-refractivity contribution in [3.05, 3.63) is 27.7 Å². The van der Waals surface area contributed by atoms with E-state index in [1.54, 1.807) is 0 Å². The lowest BCUT2D eigenvalue weighted by Gasteiger charge is -2.39. The Morgan fingerprint density at radius 2 is 1.83 bits per heavy atom. The van der Waals surface area contributed by atoms with Crippen molar-refractivity contribution in [3.8, 4) is 5.75 Å². The predicted molar refractivity (Wildman–Crippen MR) is 82.2 cm³/mol. The van der Waals surface area contributed by atoms with E-state index in [1.165, 1.54) is 19.2 Å². The summed E-state index contributed by atoms with van der Waals surface area (Å²) in [5, 5.41) is 38.7. The number of methoxy groups -OCH3 is 1. The minimum absolute atomic E-state index is 0.0178. The molecule has 0 amide bonds. The molecule has 0 spiro atoms. The van der Waals surface area contributed by atoms with E-state index in [-0.39, 0.29) is 21.4 Å². The average molecular weight is 383 g/mol. The summed E-state index contributed by atoms with van der Waals surface area (Å²) >= 11 is 11.9. The van der Waals surface area contributed by atoms with E-state index >= 15 is 0 Å². The molecule has 10 heteroatoms. The third-order valence-corrected chi connectivity index (χ3v) is 4.17. The highest BCUT2D eigenvalue weighted by atomic mass is 35.5. The van der Waals surface area contributed by atoms with Crippen LogP contribution in [-0.4, -0.2) is 70.8 Å². The maximum absolute atomic E-state index is 12.4. The fourth-order valence-electron chi connectivity index (χ4n) is 2.30. The Kier molecular flexibility index (Phi) is 6.27. The van der Waals surface area contributed by atoms with E-state index in [2.05, 4.69) is 0 Å². The van der Waals surface area contributed by atoms with Crippen molar-refractivity contribution >= 4 is 29.2 Å². The zero-order valence-corrected chi connectivity index (χ0v) is 13.9. The predicted octanol–water partition coefficient (Wildman–Crippen LogP) is -0.0413. The van der Waals surface area contributed by atoms with Crippen LogP contribution in [0.1, 0.15) is 10.4 Å². The van der Waals surface area contributed by atoms with Crippen LogP contribution in [0.15, 0.2) is 12.1 Å². The first-order valence-corrected chi connectivity index (χ1v) is 7.60. The molecule has 1 saturated heterocycles. The van der Waals surface area contributed by atoms with Crippen molar-refractivity contribution in [2.24, 2.45) is 0 Å². The lowest BCUT2D eigenvalue weighted by atomic mass is 9.99. The van der Waals surface area contributed by atoms with Gasteiger partial charge in [-0.05, 0) is 12.1 Å². The number of benzene rings is 1. The molecule has 0 unspecified atom stereocenters. The van der Waals surface area contributed by atoms with Crippen molar-refractivity contribution in [1.29, 1.82) is 0 Å². The normalized spacial score (nSPS) is 30.0. The number of aliphatic hydroxyl groups excluding tert-OH is 4. The standard InChI is InChI=1S/C14H16Cl2O8/c1-22-11-6(16)3-2-5(15)8(11)13(20)24-12-10(19)9(18)7(4-17)23-14(12)21/h2-3,7,9-10,12,14,17-19,21H,4H2,1H3/t7-,9-,10+,12-,14-/m1/s1. The van der Waals surface area contributed by atoms with Crippen LogP contribution in [0.5, 0.6) is 5.75 Å². The molecule has 5 atom stereocenters. The Morgan fingerprint density at radius 3 is 2.42 bits per heavy atom. The quantitative estimate of drug-likeness (QED) is 0.534. The third kappa shape index (κ3) is 3.60. The average Bonchev–Trinajstić information content (AvgIpc) is 2.56. The Balaban J connectivity index is 2.25. The molecule has 1 aromatic rings. The minimum Gasteiger partial charge on any atom is -0.494 e. The molecule has 1 aliphatic heterocycles. The fourth-order valence-corrected chi connectivity index (χ4v) is 2.77. The van der Waals surface area contributed by atoms with Gasteiger partial charge in [0.1, 0.15) is 23.9 Å². The van der Waals surface area contributed by atoms with Crippen LogP contribution in [-0.2, 0) is 9.47 Å². The Bertz CT molecular complexity index is 611. The molecule has 8 nitrogen and oxygen atoms in total. The van der Waals surface area contributed by atoms with Crippen LogP contribution in [0.25, 0.3) is 0 Å². The number of halogens is 2. The van der Waals surface area contributed by atoms with Crippen molar-refractivity contribution in [2.75, 3.05) is 13.7 Å². The summed E-state index contributed by atoms with van der Waals surface area (Å²) in [7, 11) is 1.28. The van der Waals surface area contributed by atoms with Gasteiger partial charge in [-0.3, -0.25) is 0 Å². The maximum Gasteiger partial charge on any atom is 0.344 e. The molecule has 0 aromatic heterocycles. The molecule has 24 heavy (non-hydrogen) atoms. The SMILES string of the molecule is COc1c(Cl)ccc(Cl)c1C(=O)O[C@@H]1[C@@H](O)[C@H](O)[C@@H](CO)O[C@H]1O. The number of aliphatic hydroxyl groups is 4. The van der Waals surface area contributed by atoms with E-state index < -0.39 is 43.3 Å². The summed E-state index contributed by atoms with van der Waals surface area (Å²) in [6, 6.07) is 2.77. The van der Waals surface area contributed by atoms with Gasteiger partial charge in [-0.25, -0.2) is 4.79 Å². The highest BCUT2D eigenvalue weighted by Crippen LogP contribution is 2.35. The lowest BCUT2D eigenvalue weighted by molar-refractivity contribution is -0.285. The van der Waals surface area contributed by atoms with Crippen LogP contribution in [0.2, 0.25) is 10.0 Å². The third-order valence-electron chi connectivity index (χ3n) is 3.55. The number of hydrogen-bond donors (Lipinski definition) is 4. The van der Waals surface area contributed by atoms with Crippen LogP contribution < -0.4 is 4.74 Å². The molecule has 2 rings (SSSR count). The molecular weight excluding hydrogens is 367 g/mol. The number of carbonyl (C=O) groups excluding carboxylic acids is 1. The van der Waals surface area contributed by atoms with Gasteiger partial charge in [-0.15, -0.1) is 0 Å². The number of carbonyl (C=O) groups is 1. The smallest absolute Gasteiger partial charge is 0.344 e. The second-order valence-electron chi connectivity index (χ2n) is 5.04. The monoisotopic (exact) mass is 382 g/mol. The van der Waals surface area contributed by atoms with E-state index in [0.29, 0.717) is 0 Å². The van der Waals surface area contributed by atoms with Gasteiger partial charge in [0.2, 0.25) is 0 Å². The first kappa shape index (κ1) is 19.2. The summed E-state index contributed by atoms with van der Waals surface area (Å²) < 4.78 is 14.9. The van der Waals surface area contributed by atoms with Crippen LogP contribution in [0.4, 0.5) is 0 Å². The maximum atomic E-state index is 12.4. The van der Waals surface area contributed by atoms with Gasteiger partial charge in [0.05, 0.1) is 23.8 Å². The number of ether oxygens (including phenoxy) is 3. The van der Waals surface area contributed by atoms with Gasteiger partial charge in [-0.2, -0.15) is 0 Å². The van der Waals surface area contributed by atoms with E-state index in [9.17, 15) is 20.1 Å². The molecule has 0 radical (unpaired) electrons. The summed E-state index contributed by atoms with van der Waals surface area (Å²) in [4.78, 5) is 12.4. The molecule has 1 aromatic carbocycles. The Labute approximate surface area is 147 Å². The molecule has 134 valence electrons. The Morgan fingerprint density at radius 1 is 1.21 bits per heavy atom. The summed E-state index contributed by atoms with van der Waals surface area (Å²) in [5.74, 6) is -1.08. The molecule has 1 fully saturated rings. The number of hydrogen-bond acceptors (Lipinski definition) is 8. The van der Waals surface area contributed by atoms with Crippen molar-refractivity contribution in [1.82, 2.24) is 0 Å². The van der Waals surface area contributed by atoms with E-state index in [0.717, 1.165) is 0 Å². The molecule has 1 heterocycles. The second-order valence-corrected chi connectivity index (χ2v) is 5.85. The highest BCUT2D eigenvalue weighted by molar-refractivity contribution is 6.37. The van der Waals surface area contributed by atoms with Gasteiger partial charge in [0, 0.05) is 0 Å². The molecular formula is C14H16Cl2O8. The molecule has 1 aliphatic rings. The summed E-state index contributed by atoms with van der Waals surface area (Å²) in [6.07, 6.45) is -7.82. The minimum atomic E-state index is -1.76. The van der Waals surface area contributed by atoms with Crippen molar-refractivity contribution in [2.45, 2.75) is 30.7 Å². The molecule has 0 saturated carbocycles. The molecule has 0 bridgehead atoms. The van der Waals surface area contributed by atoms with E-state index in [1.807, 2.05) is 0 Å². The molecule has 0 aliphatic carbocycles. The first-order chi connectivity index (χ1) is 11.3. The topological polar surface area (TPSA) is 126 Å². The van der Waals surface area contributed by atoms with Gasteiger partial charge in [0.25, 0.3) is 0 Å². The van der Waals surface area contributed by atoms with Crippen LogP contribution in [0.3, 0.4) is 0 Å². The number of rotatable bonds is 4. The fraction of sp³-hybridized carbons (Fsp3) is 0.500. The van der Waals surface area contributed by atoms with Gasteiger partial charge in [0.15, 0.2) is 18.1 Å². The van der Waals surface area contributed by atoms with Gasteiger partial charge >= 0.3 is 5.97 Å². The zero-order chi connectivity index (χ0) is 18.0. The zero-order valence-electron chi connectivity index (χ0n) is 12.4. The van der Waals surface area contributed by atoms with Crippen molar-refractivity contribution in [3.63, 3.8) is 0 Å². The van der Waals surface area contributed by atoms with Crippen molar-refractivity contribution < 1.29 is 39.4 Å². The second kappa shape index (κ2) is 7.83. The Hall–Kier alpha value is -1.13. The van der Waals surface area contributed by atoms with E-state index in [4.69, 9.17) is 42.5 Å². The highest BCUT2D eigenvalue weighted by Gasteiger charge is 2.46. The van der Waals surface area contributed by atoms with Crippen LogP contribution >= 0.6 is 23.2 Å². The van der Waals surface area contributed by atoms with Gasteiger partial charge < -0.3 is 34.6 Å². The largest absolute Gasteiger partial charge is 0.494 e. The summed E-state index contributed by atoms with van der Waals surface area (Å²) in [6.45, 7) is -0.635. The lowest BCUT2D eigenvalue weighted by Crippen LogP contribution is -2.59. The van der Waals surface area contributed by atoms with Gasteiger partial charge in [-0.1, -0.05) is 23.2 Å². The van der Waals surface area contributed by atoms with Crippen LogP contribution in [0, 0.1) is 0 Å². The molecule has 4 N–H and O–H groups in total. The first-order valence-electron chi connectivity index (χ1n) is 6.85. The number of esters is 1.